The van der Waals surface area contributed by atoms with Crippen LogP contribution >= 0.6 is 0 Å². The predicted molar refractivity (Wildman–Crippen MR) is 74.2 cm³/mol. The quantitative estimate of drug-likeness (QED) is 0.808. The van der Waals surface area contributed by atoms with Crippen LogP contribution in [0.1, 0.15) is 25.7 Å². The van der Waals surface area contributed by atoms with E-state index in [4.69, 9.17) is 5.73 Å². The van der Waals surface area contributed by atoms with Gasteiger partial charge in [-0.25, -0.2) is 4.39 Å². The summed E-state index contributed by atoms with van der Waals surface area (Å²) in [6.07, 6.45) is 4.89. The average molecular weight is 251 g/mol. The van der Waals surface area contributed by atoms with Crippen LogP contribution in [0.15, 0.2) is 18.2 Å². The van der Waals surface area contributed by atoms with Gasteiger partial charge in [-0.15, -0.1) is 0 Å². The number of halogens is 1. The average Bonchev–Trinajstić information content (AvgIpc) is 2.80. The molecule has 2 rings (SSSR count). The fourth-order valence-corrected chi connectivity index (χ4v) is 2.76. The van der Waals surface area contributed by atoms with Crippen molar-refractivity contribution in [3.05, 3.63) is 24.0 Å². The second-order valence-corrected chi connectivity index (χ2v) is 5.41. The summed E-state index contributed by atoms with van der Waals surface area (Å²) in [7, 11) is 4.23. The third kappa shape index (κ3) is 2.58. The van der Waals surface area contributed by atoms with Crippen LogP contribution in [0, 0.1) is 5.82 Å². The monoisotopic (exact) mass is 251 g/mol. The summed E-state index contributed by atoms with van der Waals surface area (Å²) in [5, 5.41) is 3.31. The largest absolute Gasteiger partial charge is 0.397 e. The van der Waals surface area contributed by atoms with Crippen molar-refractivity contribution in [1.82, 2.24) is 4.90 Å². The molecule has 1 aliphatic carbocycles. The van der Waals surface area contributed by atoms with Crippen LogP contribution in [-0.2, 0) is 0 Å². The van der Waals surface area contributed by atoms with Crippen molar-refractivity contribution in [3.8, 4) is 0 Å². The second-order valence-electron chi connectivity index (χ2n) is 5.41. The van der Waals surface area contributed by atoms with Gasteiger partial charge < -0.3 is 16.0 Å². The molecule has 1 aromatic carbocycles. The Morgan fingerprint density at radius 3 is 2.61 bits per heavy atom. The molecule has 0 aromatic heterocycles. The van der Waals surface area contributed by atoms with E-state index in [1.54, 1.807) is 6.07 Å². The molecule has 3 N–H and O–H groups in total. The first-order chi connectivity index (χ1) is 8.53. The topological polar surface area (TPSA) is 41.3 Å². The lowest BCUT2D eigenvalue weighted by molar-refractivity contribution is 0.172. The summed E-state index contributed by atoms with van der Waals surface area (Å²) in [6, 6.07) is 4.46. The number of nitrogens with two attached hydrogens (primary N) is 1. The molecule has 0 heterocycles. The van der Waals surface area contributed by atoms with E-state index >= 15 is 0 Å². The summed E-state index contributed by atoms with van der Waals surface area (Å²) in [6.45, 7) is 0.813. The fraction of sp³-hybridized carbons (Fsp3) is 0.571. The fourth-order valence-electron chi connectivity index (χ4n) is 2.76. The van der Waals surface area contributed by atoms with Gasteiger partial charge in [0.1, 0.15) is 5.82 Å². The summed E-state index contributed by atoms with van der Waals surface area (Å²) in [5.41, 5.74) is 7.33. The molecule has 0 saturated heterocycles. The molecule has 18 heavy (non-hydrogen) atoms. The van der Waals surface area contributed by atoms with Gasteiger partial charge in [-0.3, -0.25) is 0 Å². The molecule has 1 fully saturated rings. The van der Waals surface area contributed by atoms with Crippen molar-refractivity contribution in [3.63, 3.8) is 0 Å². The molecule has 3 nitrogen and oxygen atoms in total. The van der Waals surface area contributed by atoms with Gasteiger partial charge in [-0.1, -0.05) is 12.8 Å². The highest BCUT2D eigenvalue weighted by Crippen LogP contribution is 2.34. The van der Waals surface area contributed by atoms with Crippen molar-refractivity contribution in [2.75, 3.05) is 31.7 Å². The molecule has 1 aliphatic rings. The van der Waals surface area contributed by atoms with Crippen LogP contribution in [-0.4, -0.2) is 31.1 Å². The van der Waals surface area contributed by atoms with Gasteiger partial charge in [-0.2, -0.15) is 0 Å². The predicted octanol–water partition coefficient (Wildman–Crippen LogP) is 2.69. The van der Waals surface area contributed by atoms with Crippen LogP contribution in [0.4, 0.5) is 15.8 Å². The molecule has 0 unspecified atom stereocenters. The van der Waals surface area contributed by atoms with Crippen molar-refractivity contribution >= 4 is 11.4 Å². The number of nitrogen functional groups attached to an aromatic ring is 1. The molecule has 0 atom stereocenters. The minimum Gasteiger partial charge on any atom is -0.397 e. The highest BCUT2D eigenvalue weighted by atomic mass is 19.1. The van der Waals surface area contributed by atoms with Crippen LogP contribution in [0.2, 0.25) is 0 Å². The normalized spacial score (nSPS) is 18.2. The third-order valence-corrected chi connectivity index (χ3v) is 4.11. The Labute approximate surface area is 108 Å². The van der Waals surface area contributed by atoms with E-state index in [0.29, 0.717) is 11.4 Å². The van der Waals surface area contributed by atoms with E-state index < -0.39 is 0 Å². The Morgan fingerprint density at radius 1 is 1.33 bits per heavy atom. The standard InChI is InChI=1S/C14H22FN3/c1-18(2)14(7-3-4-8-14)10-17-13-9-11(15)5-6-12(13)16/h5-6,9,17H,3-4,7-8,10,16H2,1-2H3. The minimum absolute atomic E-state index is 0.179. The van der Waals surface area contributed by atoms with Gasteiger partial charge in [-0.05, 0) is 45.1 Å². The summed E-state index contributed by atoms with van der Waals surface area (Å²) < 4.78 is 13.2. The Bertz CT molecular complexity index is 412. The molecule has 0 aliphatic heterocycles. The lowest BCUT2D eigenvalue weighted by Gasteiger charge is -2.37. The molecule has 4 heteroatoms. The van der Waals surface area contributed by atoms with Crippen molar-refractivity contribution in [2.24, 2.45) is 0 Å². The molecule has 1 saturated carbocycles. The zero-order chi connectivity index (χ0) is 13.2. The zero-order valence-electron chi connectivity index (χ0n) is 11.2. The first-order valence-electron chi connectivity index (χ1n) is 6.50. The Hall–Kier alpha value is -1.29. The molecular weight excluding hydrogens is 229 g/mol. The second kappa shape index (κ2) is 5.14. The molecular formula is C14H22FN3. The van der Waals surface area contributed by atoms with Gasteiger partial charge in [0.15, 0.2) is 0 Å². The maximum Gasteiger partial charge on any atom is 0.125 e. The molecule has 0 radical (unpaired) electrons. The van der Waals surface area contributed by atoms with Gasteiger partial charge in [0.05, 0.1) is 11.4 Å². The third-order valence-electron chi connectivity index (χ3n) is 4.11. The summed E-state index contributed by atoms with van der Waals surface area (Å²) in [5.74, 6) is -0.253. The van der Waals surface area contributed by atoms with E-state index in [1.165, 1.54) is 37.8 Å². The summed E-state index contributed by atoms with van der Waals surface area (Å²) >= 11 is 0. The minimum atomic E-state index is -0.253. The van der Waals surface area contributed by atoms with E-state index in [1.807, 2.05) is 0 Å². The Morgan fingerprint density at radius 2 is 2.00 bits per heavy atom. The number of benzene rings is 1. The number of nitrogens with one attached hydrogen (secondary N) is 1. The summed E-state index contributed by atoms with van der Waals surface area (Å²) in [4.78, 5) is 2.28. The number of anilines is 2. The number of rotatable bonds is 4. The Balaban J connectivity index is 2.08. The first-order valence-corrected chi connectivity index (χ1v) is 6.50. The van der Waals surface area contributed by atoms with Gasteiger partial charge in [0.2, 0.25) is 0 Å². The zero-order valence-corrected chi connectivity index (χ0v) is 11.2. The number of nitrogens with zero attached hydrogens (tertiary/aromatic N) is 1. The number of likely N-dealkylation sites (N-methyl/N-ethyl adjacent to an activating group) is 1. The van der Waals surface area contributed by atoms with Crippen molar-refractivity contribution in [1.29, 1.82) is 0 Å². The van der Waals surface area contributed by atoms with Gasteiger partial charge in [0, 0.05) is 12.1 Å². The molecule has 100 valence electrons. The molecule has 0 amide bonds. The lowest BCUT2D eigenvalue weighted by Crippen LogP contribution is -2.47. The van der Waals surface area contributed by atoms with Crippen LogP contribution in [0.5, 0.6) is 0 Å². The number of hydrogen-bond acceptors (Lipinski definition) is 3. The lowest BCUT2D eigenvalue weighted by atomic mass is 9.96. The van der Waals surface area contributed by atoms with Crippen LogP contribution in [0.3, 0.4) is 0 Å². The maximum atomic E-state index is 13.2. The first kappa shape index (κ1) is 13.1. The SMILES string of the molecule is CN(C)C1(CNc2cc(F)ccc2N)CCCC1. The van der Waals surface area contributed by atoms with E-state index in [-0.39, 0.29) is 11.4 Å². The molecule has 0 bridgehead atoms. The van der Waals surface area contributed by atoms with E-state index in [9.17, 15) is 4.39 Å². The molecule has 0 spiro atoms. The van der Waals surface area contributed by atoms with E-state index in [0.717, 1.165) is 6.54 Å². The smallest absolute Gasteiger partial charge is 0.125 e. The van der Waals surface area contributed by atoms with Gasteiger partial charge in [0.25, 0.3) is 0 Å². The van der Waals surface area contributed by atoms with Crippen LogP contribution < -0.4 is 11.1 Å². The van der Waals surface area contributed by atoms with Crippen molar-refractivity contribution < 1.29 is 4.39 Å². The van der Waals surface area contributed by atoms with Crippen LogP contribution in [0.25, 0.3) is 0 Å². The maximum absolute atomic E-state index is 13.2. The Kier molecular flexibility index (Phi) is 3.76. The highest BCUT2D eigenvalue weighted by Gasteiger charge is 2.35. The molecule has 1 aromatic rings. The van der Waals surface area contributed by atoms with E-state index in [2.05, 4.69) is 24.3 Å². The van der Waals surface area contributed by atoms with Gasteiger partial charge >= 0.3 is 0 Å². The number of hydrogen-bond donors (Lipinski definition) is 2. The highest BCUT2D eigenvalue weighted by molar-refractivity contribution is 5.66. The van der Waals surface area contributed by atoms with Crippen molar-refractivity contribution in [2.45, 2.75) is 31.2 Å².